The molecule has 1 fully saturated rings. The third-order valence-electron chi connectivity index (χ3n) is 6.41. The molecule has 1 aromatic carbocycles. The van der Waals surface area contributed by atoms with Gasteiger partial charge in [-0.15, -0.1) is 5.10 Å². The van der Waals surface area contributed by atoms with E-state index in [1.807, 2.05) is 0 Å². The molecule has 2 aliphatic carbocycles. The first-order chi connectivity index (χ1) is 14.1. The number of fused-ring (bicyclic) bond motifs is 2. The molecule has 2 heterocycles. The van der Waals surface area contributed by atoms with Gasteiger partial charge in [0, 0.05) is 25.9 Å². The van der Waals surface area contributed by atoms with E-state index in [0.29, 0.717) is 25.6 Å². The summed E-state index contributed by atoms with van der Waals surface area (Å²) in [7, 11) is -2.03. The number of ether oxygens (including phenoxy) is 1. The van der Waals surface area contributed by atoms with Crippen LogP contribution in [-0.4, -0.2) is 54.7 Å². The summed E-state index contributed by atoms with van der Waals surface area (Å²) in [5.41, 5.74) is 6.64. The highest BCUT2D eigenvalue weighted by atomic mass is 32.2. The molecule has 1 aliphatic heterocycles. The predicted molar refractivity (Wildman–Crippen MR) is 109 cm³/mol. The van der Waals surface area contributed by atoms with Gasteiger partial charge in [-0.25, -0.2) is 13.5 Å². The van der Waals surface area contributed by atoms with E-state index >= 15 is 0 Å². The van der Waals surface area contributed by atoms with Crippen molar-refractivity contribution in [2.45, 2.75) is 50.1 Å². The quantitative estimate of drug-likeness (QED) is 0.747. The number of aryl methyl sites for hydroxylation is 2. The van der Waals surface area contributed by atoms with Crippen molar-refractivity contribution in [2.75, 3.05) is 32.1 Å². The van der Waals surface area contributed by atoms with Crippen LogP contribution in [0.15, 0.2) is 11.2 Å². The molecule has 156 valence electrons. The fourth-order valence-corrected chi connectivity index (χ4v) is 6.37. The zero-order valence-corrected chi connectivity index (χ0v) is 17.5. The lowest BCUT2D eigenvalue weighted by Crippen LogP contribution is -2.30. The van der Waals surface area contributed by atoms with E-state index in [4.69, 9.17) is 4.74 Å². The maximum Gasteiger partial charge on any atom is 0.278 e. The highest BCUT2D eigenvalue weighted by Gasteiger charge is 2.35. The summed E-state index contributed by atoms with van der Waals surface area (Å²) in [4.78, 5) is 4.31. The zero-order chi connectivity index (χ0) is 20.0. The van der Waals surface area contributed by atoms with Crippen molar-refractivity contribution in [3.8, 4) is 0 Å². The van der Waals surface area contributed by atoms with E-state index in [-0.39, 0.29) is 11.1 Å². The highest BCUT2D eigenvalue weighted by molar-refractivity contribution is 7.89. The molecule has 2 N–H and O–H groups in total. The first-order valence-electron chi connectivity index (χ1n) is 10.4. The Morgan fingerprint density at radius 1 is 1.21 bits per heavy atom. The number of H-pyrrole nitrogens is 1. The molecule has 5 rings (SSSR count). The molecular weight excluding hydrogens is 390 g/mol. The second kappa shape index (κ2) is 7.37. The minimum Gasteiger partial charge on any atom is -0.384 e. The lowest BCUT2D eigenvalue weighted by molar-refractivity contribution is 0.157. The summed E-state index contributed by atoms with van der Waals surface area (Å²) in [5.74, 6) is 0.551. The van der Waals surface area contributed by atoms with E-state index < -0.39 is 10.0 Å². The Morgan fingerprint density at radius 2 is 1.93 bits per heavy atom. The fourth-order valence-electron chi connectivity index (χ4n) is 5.01. The topological polar surface area (TPSA) is 100 Å². The van der Waals surface area contributed by atoms with E-state index in [2.05, 4.69) is 26.6 Å². The number of rotatable bonds is 6. The molecule has 0 radical (unpaired) electrons. The molecule has 29 heavy (non-hydrogen) atoms. The monoisotopic (exact) mass is 417 g/mol. The number of methoxy groups -OCH3 is 1. The van der Waals surface area contributed by atoms with Gasteiger partial charge in [-0.3, -0.25) is 0 Å². The SMILES string of the molecule is COCC1CCN(S(=O)(=O)c2nc(Nc3c4c(cc5c3CCC5)CCC4)n[nH]2)C1. The first kappa shape index (κ1) is 19.0. The summed E-state index contributed by atoms with van der Waals surface area (Å²) < 4.78 is 32.5. The van der Waals surface area contributed by atoms with Crippen molar-refractivity contribution in [3.63, 3.8) is 0 Å². The van der Waals surface area contributed by atoms with Crippen molar-refractivity contribution in [2.24, 2.45) is 5.92 Å². The molecule has 0 amide bonds. The summed E-state index contributed by atoms with van der Waals surface area (Å²) in [5, 5.41) is 10.1. The van der Waals surface area contributed by atoms with E-state index in [1.165, 1.54) is 26.6 Å². The second-order valence-electron chi connectivity index (χ2n) is 8.30. The maximum atomic E-state index is 12.9. The van der Waals surface area contributed by atoms with Gasteiger partial charge in [-0.05, 0) is 73.1 Å². The maximum absolute atomic E-state index is 12.9. The Balaban J connectivity index is 1.40. The fraction of sp³-hybridized carbons (Fsp3) is 0.600. The Labute approximate surface area is 171 Å². The molecule has 0 bridgehead atoms. The molecule has 9 heteroatoms. The standard InChI is InChI=1S/C20H27N5O3S/c1-28-12-13-8-9-25(11-13)29(26,27)20-22-19(23-24-20)21-18-16-6-2-4-14(16)10-15-5-3-7-17(15)18/h10,13H,2-9,11-12H2,1H3,(H2,21,22,23,24). The molecule has 1 saturated heterocycles. The molecule has 8 nitrogen and oxygen atoms in total. The molecule has 1 atom stereocenters. The summed E-state index contributed by atoms with van der Waals surface area (Å²) in [6.07, 6.45) is 7.46. The Morgan fingerprint density at radius 3 is 2.62 bits per heavy atom. The van der Waals surface area contributed by atoms with Gasteiger partial charge in [-0.1, -0.05) is 6.07 Å². The second-order valence-corrected chi connectivity index (χ2v) is 10.1. The van der Waals surface area contributed by atoms with Gasteiger partial charge in [0.1, 0.15) is 0 Å². The van der Waals surface area contributed by atoms with Crippen LogP contribution in [0.3, 0.4) is 0 Å². The van der Waals surface area contributed by atoms with Crippen molar-refractivity contribution < 1.29 is 13.2 Å². The number of hydrogen-bond donors (Lipinski definition) is 2. The van der Waals surface area contributed by atoms with Gasteiger partial charge in [0.25, 0.3) is 15.2 Å². The number of aromatic nitrogens is 3. The molecule has 1 unspecified atom stereocenters. The molecule has 0 spiro atoms. The molecule has 2 aromatic rings. The van der Waals surface area contributed by atoms with Gasteiger partial charge >= 0.3 is 0 Å². The van der Waals surface area contributed by atoms with Crippen LogP contribution in [0.2, 0.25) is 0 Å². The van der Waals surface area contributed by atoms with Gasteiger partial charge in [0.05, 0.1) is 6.61 Å². The molecule has 1 aromatic heterocycles. The van der Waals surface area contributed by atoms with Crippen LogP contribution in [0, 0.1) is 5.92 Å². The van der Waals surface area contributed by atoms with Crippen LogP contribution >= 0.6 is 0 Å². The Hall–Kier alpha value is -1.97. The normalized spacial score (nSPS) is 21.5. The van der Waals surface area contributed by atoms with Gasteiger partial charge in [0.2, 0.25) is 5.95 Å². The van der Waals surface area contributed by atoms with Crippen molar-refractivity contribution in [1.82, 2.24) is 19.5 Å². The number of benzene rings is 1. The van der Waals surface area contributed by atoms with Crippen LogP contribution in [0.25, 0.3) is 0 Å². The van der Waals surface area contributed by atoms with Crippen LogP contribution in [0.5, 0.6) is 0 Å². The third-order valence-corrected chi connectivity index (χ3v) is 8.09. The zero-order valence-electron chi connectivity index (χ0n) is 16.7. The highest BCUT2D eigenvalue weighted by Crippen LogP contribution is 2.39. The number of hydrogen-bond acceptors (Lipinski definition) is 6. The van der Waals surface area contributed by atoms with Gasteiger partial charge in [0.15, 0.2) is 0 Å². The average molecular weight is 418 g/mol. The smallest absolute Gasteiger partial charge is 0.278 e. The van der Waals surface area contributed by atoms with E-state index in [1.54, 1.807) is 7.11 Å². The largest absolute Gasteiger partial charge is 0.384 e. The Kier molecular flexibility index (Phi) is 4.84. The number of aromatic amines is 1. The number of anilines is 2. The van der Waals surface area contributed by atoms with Crippen LogP contribution in [-0.2, 0) is 40.4 Å². The van der Waals surface area contributed by atoms with Crippen LogP contribution < -0.4 is 5.32 Å². The van der Waals surface area contributed by atoms with Gasteiger partial charge in [-0.2, -0.15) is 9.29 Å². The minimum absolute atomic E-state index is 0.0951. The van der Waals surface area contributed by atoms with Crippen LogP contribution in [0.1, 0.15) is 41.5 Å². The van der Waals surface area contributed by atoms with Crippen molar-refractivity contribution in [3.05, 3.63) is 28.3 Å². The number of nitrogens with one attached hydrogen (secondary N) is 2. The summed E-state index contributed by atoms with van der Waals surface area (Å²) in [6.45, 7) is 1.51. The third kappa shape index (κ3) is 3.35. The first-order valence-corrected chi connectivity index (χ1v) is 11.9. The number of nitrogens with zero attached hydrogens (tertiary/aromatic N) is 3. The summed E-state index contributed by atoms with van der Waals surface area (Å²) in [6, 6.07) is 2.37. The molecular formula is C20H27N5O3S. The van der Waals surface area contributed by atoms with E-state index in [0.717, 1.165) is 50.6 Å². The number of sulfonamides is 1. The van der Waals surface area contributed by atoms with Crippen molar-refractivity contribution >= 4 is 21.7 Å². The van der Waals surface area contributed by atoms with E-state index in [9.17, 15) is 8.42 Å². The average Bonchev–Trinajstić information content (AvgIpc) is 3.48. The molecule has 3 aliphatic rings. The lowest BCUT2D eigenvalue weighted by Gasteiger charge is -2.15. The molecule has 0 saturated carbocycles. The lowest BCUT2D eigenvalue weighted by atomic mass is 9.99. The van der Waals surface area contributed by atoms with Gasteiger partial charge < -0.3 is 10.1 Å². The van der Waals surface area contributed by atoms with Crippen molar-refractivity contribution in [1.29, 1.82) is 0 Å². The minimum atomic E-state index is -3.68. The summed E-state index contributed by atoms with van der Waals surface area (Å²) >= 11 is 0. The Bertz CT molecular complexity index is 1000. The predicted octanol–water partition coefficient (Wildman–Crippen LogP) is 2.18. The van der Waals surface area contributed by atoms with Crippen LogP contribution in [0.4, 0.5) is 11.6 Å².